The van der Waals surface area contributed by atoms with E-state index in [1.807, 2.05) is 12.1 Å². The van der Waals surface area contributed by atoms with E-state index in [1.54, 1.807) is 0 Å². The molecule has 0 aliphatic heterocycles. The third kappa shape index (κ3) is 3.74. The van der Waals surface area contributed by atoms with Gasteiger partial charge < -0.3 is 10.4 Å². The van der Waals surface area contributed by atoms with Crippen LogP contribution in [0.1, 0.15) is 57.1 Å². The molecular weight excluding hydrogens is 222 g/mol. The van der Waals surface area contributed by atoms with E-state index >= 15 is 0 Å². The highest BCUT2D eigenvalue weighted by atomic mass is 16.3. The van der Waals surface area contributed by atoms with Crippen molar-refractivity contribution < 1.29 is 5.11 Å². The van der Waals surface area contributed by atoms with Gasteiger partial charge in [0, 0.05) is 12.2 Å². The highest BCUT2D eigenvalue weighted by Gasteiger charge is 2.14. The van der Waals surface area contributed by atoms with E-state index in [9.17, 15) is 5.11 Å². The summed E-state index contributed by atoms with van der Waals surface area (Å²) in [5.41, 5.74) is 2.18. The third-order valence-electron chi connectivity index (χ3n) is 3.90. The van der Waals surface area contributed by atoms with Gasteiger partial charge in [0.15, 0.2) is 0 Å². The molecule has 0 aromatic heterocycles. The normalized spacial score (nSPS) is 17.9. The van der Waals surface area contributed by atoms with Gasteiger partial charge in [0.25, 0.3) is 0 Å². The van der Waals surface area contributed by atoms with Gasteiger partial charge in [0.05, 0.1) is 6.10 Å². The molecule has 2 N–H and O–H groups in total. The Labute approximate surface area is 110 Å². The number of hydrogen-bond donors (Lipinski definition) is 2. The van der Waals surface area contributed by atoms with Crippen LogP contribution < -0.4 is 5.32 Å². The van der Waals surface area contributed by atoms with Crippen molar-refractivity contribution in [2.24, 2.45) is 5.92 Å². The lowest BCUT2D eigenvalue weighted by Gasteiger charge is -2.14. The summed E-state index contributed by atoms with van der Waals surface area (Å²) in [6.07, 6.45) is 7.05. The maximum Gasteiger partial charge on any atom is 0.0790 e. The molecule has 1 aromatic carbocycles. The Kier molecular flexibility index (Phi) is 5.06. The van der Waals surface area contributed by atoms with Crippen LogP contribution in [-0.2, 0) is 0 Å². The minimum absolute atomic E-state index is 0.316. The van der Waals surface area contributed by atoms with Crippen LogP contribution >= 0.6 is 0 Å². The van der Waals surface area contributed by atoms with Crippen LogP contribution in [0.25, 0.3) is 0 Å². The van der Waals surface area contributed by atoms with E-state index in [-0.39, 0.29) is 6.10 Å². The highest BCUT2D eigenvalue weighted by molar-refractivity contribution is 5.46. The van der Waals surface area contributed by atoms with Gasteiger partial charge in [-0.1, -0.05) is 38.3 Å². The van der Waals surface area contributed by atoms with E-state index < -0.39 is 0 Å². The van der Waals surface area contributed by atoms with Crippen molar-refractivity contribution in [3.05, 3.63) is 29.8 Å². The maximum absolute atomic E-state index is 10.00. The zero-order chi connectivity index (χ0) is 12.8. The quantitative estimate of drug-likeness (QED) is 0.792. The first-order valence-corrected chi connectivity index (χ1v) is 7.31. The molecule has 1 fully saturated rings. The molecule has 2 rings (SSSR count). The Morgan fingerprint density at radius 2 is 2.11 bits per heavy atom. The van der Waals surface area contributed by atoms with Gasteiger partial charge in [-0.15, -0.1) is 0 Å². The SMILES string of the molecule is CCCC(O)c1cccc(NCC2CCCC2)c1. The minimum atomic E-state index is -0.316. The van der Waals surface area contributed by atoms with Crippen LogP contribution in [0.5, 0.6) is 0 Å². The van der Waals surface area contributed by atoms with E-state index in [4.69, 9.17) is 0 Å². The average Bonchev–Trinajstić information content (AvgIpc) is 2.90. The lowest BCUT2D eigenvalue weighted by atomic mass is 10.0. The lowest BCUT2D eigenvalue weighted by Crippen LogP contribution is -2.11. The van der Waals surface area contributed by atoms with Crippen LogP contribution in [0, 0.1) is 5.92 Å². The second kappa shape index (κ2) is 6.79. The van der Waals surface area contributed by atoms with Crippen molar-refractivity contribution in [3.8, 4) is 0 Å². The number of nitrogens with one attached hydrogen (secondary N) is 1. The second-order valence-corrected chi connectivity index (χ2v) is 5.46. The summed E-state index contributed by atoms with van der Waals surface area (Å²) >= 11 is 0. The molecule has 2 heteroatoms. The van der Waals surface area contributed by atoms with Crippen molar-refractivity contribution in [3.63, 3.8) is 0 Å². The highest BCUT2D eigenvalue weighted by Crippen LogP contribution is 2.26. The summed E-state index contributed by atoms with van der Waals surface area (Å²) in [7, 11) is 0. The first kappa shape index (κ1) is 13.4. The van der Waals surface area contributed by atoms with Gasteiger partial charge in [0.2, 0.25) is 0 Å². The standard InChI is InChI=1S/C16H25NO/c1-2-6-16(18)14-9-5-10-15(11-14)17-12-13-7-3-4-8-13/h5,9-11,13,16-18H,2-4,6-8,12H2,1H3. The molecule has 0 spiro atoms. The van der Waals surface area contributed by atoms with Crippen molar-refractivity contribution in [2.45, 2.75) is 51.6 Å². The Morgan fingerprint density at radius 3 is 2.83 bits per heavy atom. The van der Waals surface area contributed by atoms with Gasteiger partial charge in [0.1, 0.15) is 0 Å². The number of hydrogen-bond acceptors (Lipinski definition) is 2. The molecule has 1 aliphatic rings. The summed E-state index contributed by atoms with van der Waals surface area (Å²) in [6, 6.07) is 8.23. The summed E-state index contributed by atoms with van der Waals surface area (Å²) in [5.74, 6) is 0.842. The molecule has 1 aromatic rings. The molecule has 1 unspecified atom stereocenters. The Morgan fingerprint density at radius 1 is 1.33 bits per heavy atom. The first-order valence-electron chi connectivity index (χ1n) is 7.31. The van der Waals surface area contributed by atoms with Crippen LogP contribution in [0.2, 0.25) is 0 Å². The van der Waals surface area contributed by atoms with Crippen LogP contribution in [0.15, 0.2) is 24.3 Å². The molecule has 100 valence electrons. The molecule has 2 nitrogen and oxygen atoms in total. The third-order valence-corrected chi connectivity index (χ3v) is 3.90. The number of aliphatic hydroxyl groups is 1. The van der Waals surface area contributed by atoms with E-state index in [1.165, 1.54) is 25.7 Å². The molecule has 0 bridgehead atoms. The van der Waals surface area contributed by atoms with Crippen molar-refractivity contribution in [1.82, 2.24) is 0 Å². The van der Waals surface area contributed by atoms with E-state index in [2.05, 4.69) is 24.4 Å². The van der Waals surface area contributed by atoms with Crippen LogP contribution in [-0.4, -0.2) is 11.7 Å². The van der Waals surface area contributed by atoms with Crippen LogP contribution in [0.3, 0.4) is 0 Å². The summed E-state index contributed by atoms with van der Waals surface area (Å²) in [6.45, 7) is 3.18. The van der Waals surface area contributed by atoms with Gasteiger partial charge >= 0.3 is 0 Å². The van der Waals surface area contributed by atoms with Gasteiger partial charge in [-0.05, 0) is 42.9 Å². The number of aliphatic hydroxyl groups excluding tert-OH is 1. The molecule has 0 saturated heterocycles. The number of anilines is 1. The van der Waals surface area contributed by atoms with E-state index in [0.29, 0.717) is 0 Å². The van der Waals surface area contributed by atoms with Gasteiger partial charge in [-0.3, -0.25) is 0 Å². The fraction of sp³-hybridized carbons (Fsp3) is 0.625. The average molecular weight is 247 g/mol. The smallest absolute Gasteiger partial charge is 0.0790 e. The molecular formula is C16H25NO. The van der Waals surface area contributed by atoms with Gasteiger partial charge in [-0.2, -0.15) is 0 Å². The zero-order valence-corrected chi connectivity index (χ0v) is 11.4. The largest absolute Gasteiger partial charge is 0.388 e. The zero-order valence-electron chi connectivity index (χ0n) is 11.4. The Hall–Kier alpha value is -1.02. The van der Waals surface area contributed by atoms with Crippen molar-refractivity contribution in [1.29, 1.82) is 0 Å². The fourth-order valence-corrected chi connectivity index (χ4v) is 2.77. The van der Waals surface area contributed by atoms with Crippen molar-refractivity contribution in [2.75, 3.05) is 11.9 Å². The second-order valence-electron chi connectivity index (χ2n) is 5.46. The van der Waals surface area contributed by atoms with E-state index in [0.717, 1.165) is 36.6 Å². The molecule has 1 atom stereocenters. The molecule has 1 aliphatic carbocycles. The summed E-state index contributed by atoms with van der Waals surface area (Å²) < 4.78 is 0. The summed E-state index contributed by atoms with van der Waals surface area (Å²) in [5, 5.41) is 13.5. The monoisotopic (exact) mass is 247 g/mol. The molecule has 0 amide bonds. The number of benzene rings is 1. The fourth-order valence-electron chi connectivity index (χ4n) is 2.77. The minimum Gasteiger partial charge on any atom is -0.388 e. The van der Waals surface area contributed by atoms with Crippen molar-refractivity contribution >= 4 is 5.69 Å². The first-order chi connectivity index (χ1) is 8.79. The lowest BCUT2D eigenvalue weighted by molar-refractivity contribution is 0.166. The predicted molar refractivity (Wildman–Crippen MR) is 76.8 cm³/mol. The predicted octanol–water partition coefficient (Wildman–Crippen LogP) is 4.12. The molecule has 1 saturated carbocycles. The topological polar surface area (TPSA) is 32.3 Å². The molecule has 0 radical (unpaired) electrons. The Balaban J connectivity index is 1.89. The summed E-state index contributed by atoms with van der Waals surface area (Å²) in [4.78, 5) is 0. The molecule has 0 heterocycles. The number of rotatable bonds is 6. The van der Waals surface area contributed by atoms with Gasteiger partial charge in [-0.25, -0.2) is 0 Å². The molecule has 18 heavy (non-hydrogen) atoms. The van der Waals surface area contributed by atoms with Crippen LogP contribution in [0.4, 0.5) is 5.69 Å². The maximum atomic E-state index is 10.00. The Bertz CT molecular complexity index is 358.